The molecule has 4 nitrogen and oxygen atoms in total. The summed E-state index contributed by atoms with van der Waals surface area (Å²) in [6.07, 6.45) is 5.24. The summed E-state index contributed by atoms with van der Waals surface area (Å²) in [6, 6.07) is 14.3. The molecule has 0 aromatic heterocycles. The SMILES string of the molecule is C[B]O/C(=C\C(=O)c1ccc(N2CCCCC2)cc1)c1ccc(O)cc1. The smallest absolute Gasteiger partial charge is 0.366 e. The van der Waals surface area contributed by atoms with Gasteiger partial charge in [0.2, 0.25) is 0 Å². The van der Waals surface area contributed by atoms with Crippen LogP contribution in [0.5, 0.6) is 5.75 Å². The number of benzene rings is 2. The molecule has 0 spiro atoms. The molecule has 0 bridgehead atoms. The first-order valence-electron chi connectivity index (χ1n) is 9.02. The lowest BCUT2D eigenvalue weighted by atomic mass is 10.0. The molecule has 2 aromatic rings. The number of rotatable bonds is 6. The van der Waals surface area contributed by atoms with Crippen molar-refractivity contribution in [2.45, 2.75) is 26.1 Å². The van der Waals surface area contributed by atoms with Gasteiger partial charge < -0.3 is 14.7 Å². The van der Waals surface area contributed by atoms with E-state index < -0.39 is 0 Å². The van der Waals surface area contributed by atoms with Crippen molar-refractivity contribution in [3.05, 3.63) is 65.7 Å². The van der Waals surface area contributed by atoms with Crippen molar-refractivity contribution in [1.29, 1.82) is 0 Å². The fraction of sp³-hybridized carbons (Fsp3) is 0.286. The molecule has 3 rings (SSSR count). The minimum absolute atomic E-state index is 0.111. The van der Waals surface area contributed by atoms with Crippen LogP contribution in [0, 0.1) is 0 Å². The number of piperidine rings is 1. The second-order valence-electron chi connectivity index (χ2n) is 6.37. The highest BCUT2D eigenvalue weighted by Crippen LogP contribution is 2.22. The van der Waals surface area contributed by atoms with Gasteiger partial charge in [-0.05, 0) is 67.8 Å². The lowest BCUT2D eigenvalue weighted by Crippen LogP contribution is -2.29. The van der Waals surface area contributed by atoms with Crippen LogP contribution in [0.15, 0.2) is 54.6 Å². The number of phenolic OH excluding ortho intramolecular Hbond substituents is 1. The van der Waals surface area contributed by atoms with Crippen molar-refractivity contribution in [2.75, 3.05) is 18.0 Å². The normalized spacial score (nSPS) is 14.8. The van der Waals surface area contributed by atoms with E-state index in [0.717, 1.165) is 18.7 Å². The number of aromatic hydroxyl groups is 1. The van der Waals surface area contributed by atoms with Gasteiger partial charge in [-0.2, -0.15) is 0 Å². The highest BCUT2D eigenvalue weighted by molar-refractivity contribution is 6.27. The van der Waals surface area contributed by atoms with E-state index >= 15 is 0 Å². The number of carbonyl (C=O) groups is 1. The van der Waals surface area contributed by atoms with Crippen molar-refractivity contribution in [2.24, 2.45) is 0 Å². The van der Waals surface area contributed by atoms with E-state index in [0.29, 0.717) is 11.3 Å². The molecule has 1 fully saturated rings. The molecule has 26 heavy (non-hydrogen) atoms. The highest BCUT2D eigenvalue weighted by Gasteiger charge is 2.12. The predicted octanol–water partition coefficient (Wildman–Crippen LogP) is 4.29. The maximum Gasteiger partial charge on any atom is 0.366 e. The molecule has 133 valence electrons. The van der Waals surface area contributed by atoms with Crippen LogP contribution in [-0.4, -0.2) is 31.5 Å². The summed E-state index contributed by atoms with van der Waals surface area (Å²) in [5, 5.41) is 9.42. The Morgan fingerprint density at radius 2 is 1.62 bits per heavy atom. The molecule has 1 aliphatic heterocycles. The Bertz CT molecular complexity index is 763. The van der Waals surface area contributed by atoms with Crippen LogP contribution in [0.1, 0.15) is 35.2 Å². The first-order chi connectivity index (χ1) is 12.7. The minimum atomic E-state index is -0.111. The number of hydrogen-bond donors (Lipinski definition) is 1. The topological polar surface area (TPSA) is 49.8 Å². The first-order valence-corrected chi connectivity index (χ1v) is 9.02. The van der Waals surface area contributed by atoms with Gasteiger partial charge in [0.05, 0.1) is 0 Å². The third-order valence-corrected chi connectivity index (χ3v) is 4.53. The summed E-state index contributed by atoms with van der Waals surface area (Å²) in [6.45, 7) is 3.92. The summed E-state index contributed by atoms with van der Waals surface area (Å²) < 4.78 is 5.50. The summed E-state index contributed by atoms with van der Waals surface area (Å²) in [5.74, 6) is 0.519. The molecule has 0 aliphatic carbocycles. The van der Waals surface area contributed by atoms with Gasteiger partial charge in [-0.3, -0.25) is 4.79 Å². The molecule has 0 amide bonds. The third-order valence-electron chi connectivity index (χ3n) is 4.53. The van der Waals surface area contributed by atoms with Gasteiger partial charge in [0.25, 0.3) is 0 Å². The third kappa shape index (κ3) is 4.48. The van der Waals surface area contributed by atoms with Gasteiger partial charge in [0.15, 0.2) is 5.78 Å². The minimum Gasteiger partial charge on any atom is -0.563 e. The molecule has 1 radical (unpaired) electrons. The second kappa shape index (κ2) is 8.61. The van der Waals surface area contributed by atoms with Crippen LogP contribution >= 0.6 is 0 Å². The first kappa shape index (κ1) is 18.1. The Hall–Kier alpha value is -2.69. The van der Waals surface area contributed by atoms with Crippen LogP contribution in [0.4, 0.5) is 5.69 Å². The van der Waals surface area contributed by atoms with E-state index in [1.165, 1.54) is 38.5 Å². The Labute approximate surface area is 155 Å². The van der Waals surface area contributed by atoms with Crippen molar-refractivity contribution < 1.29 is 14.6 Å². The van der Waals surface area contributed by atoms with Crippen molar-refractivity contribution in [3.63, 3.8) is 0 Å². The summed E-state index contributed by atoms with van der Waals surface area (Å²) in [5.41, 5.74) is 2.53. The molecule has 1 N–H and O–H groups in total. The van der Waals surface area contributed by atoms with Gasteiger partial charge in [-0.15, -0.1) is 0 Å². The van der Waals surface area contributed by atoms with E-state index in [1.54, 1.807) is 31.1 Å². The lowest BCUT2D eigenvalue weighted by molar-refractivity contribution is 0.104. The lowest BCUT2D eigenvalue weighted by Gasteiger charge is -2.28. The fourth-order valence-electron chi connectivity index (χ4n) is 3.13. The Morgan fingerprint density at radius 3 is 2.23 bits per heavy atom. The zero-order chi connectivity index (χ0) is 18.4. The van der Waals surface area contributed by atoms with E-state index in [1.807, 2.05) is 24.3 Å². The van der Waals surface area contributed by atoms with E-state index in [2.05, 4.69) is 4.90 Å². The molecule has 1 saturated heterocycles. The van der Waals surface area contributed by atoms with Gasteiger partial charge in [0, 0.05) is 36.0 Å². The van der Waals surface area contributed by atoms with Crippen molar-refractivity contribution >= 4 is 24.7 Å². The van der Waals surface area contributed by atoms with Gasteiger partial charge in [-0.1, -0.05) is 6.82 Å². The zero-order valence-corrected chi connectivity index (χ0v) is 15.0. The number of carbonyl (C=O) groups excluding carboxylic acids is 1. The molecule has 0 atom stereocenters. The average molecular weight is 348 g/mol. The van der Waals surface area contributed by atoms with E-state index in [-0.39, 0.29) is 11.5 Å². The number of allylic oxidation sites excluding steroid dienone is 1. The number of ketones is 1. The Kier molecular flexibility index (Phi) is 6.00. The predicted molar refractivity (Wildman–Crippen MR) is 106 cm³/mol. The molecular weight excluding hydrogens is 325 g/mol. The molecule has 1 aliphatic rings. The Morgan fingerprint density at radius 1 is 1.00 bits per heavy atom. The zero-order valence-electron chi connectivity index (χ0n) is 15.0. The second-order valence-corrected chi connectivity index (χ2v) is 6.37. The van der Waals surface area contributed by atoms with Gasteiger partial charge in [-0.25, -0.2) is 0 Å². The summed E-state index contributed by atoms with van der Waals surface area (Å²) >= 11 is 0. The van der Waals surface area contributed by atoms with Crippen LogP contribution < -0.4 is 4.90 Å². The maximum absolute atomic E-state index is 12.6. The number of hydrogen-bond acceptors (Lipinski definition) is 4. The standard InChI is InChI=1S/C21H23BNO3/c1-22-26-21(17-7-11-19(24)12-8-17)15-20(25)16-5-9-18(10-6-16)23-13-3-2-4-14-23/h5-12,15,24H,2-4,13-14H2,1H3/b21-15-. The number of nitrogens with zero attached hydrogens (tertiary/aromatic N) is 1. The van der Waals surface area contributed by atoms with Gasteiger partial charge in [0.1, 0.15) is 11.5 Å². The summed E-state index contributed by atoms with van der Waals surface area (Å²) in [4.78, 5) is 15.0. The number of phenols is 1. The van der Waals surface area contributed by atoms with Crippen LogP contribution in [0.25, 0.3) is 5.76 Å². The van der Waals surface area contributed by atoms with Crippen molar-refractivity contribution in [3.8, 4) is 5.75 Å². The van der Waals surface area contributed by atoms with Crippen LogP contribution in [0.2, 0.25) is 6.82 Å². The van der Waals surface area contributed by atoms with Gasteiger partial charge >= 0.3 is 7.48 Å². The monoisotopic (exact) mass is 348 g/mol. The highest BCUT2D eigenvalue weighted by atomic mass is 16.4. The molecule has 0 unspecified atom stereocenters. The maximum atomic E-state index is 12.6. The van der Waals surface area contributed by atoms with E-state index in [9.17, 15) is 9.90 Å². The fourth-order valence-corrected chi connectivity index (χ4v) is 3.13. The van der Waals surface area contributed by atoms with Crippen molar-refractivity contribution in [1.82, 2.24) is 0 Å². The van der Waals surface area contributed by atoms with Crippen LogP contribution in [0.3, 0.4) is 0 Å². The van der Waals surface area contributed by atoms with E-state index in [4.69, 9.17) is 4.65 Å². The Balaban J connectivity index is 1.77. The van der Waals surface area contributed by atoms with Crippen LogP contribution in [-0.2, 0) is 4.65 Å². The molecular formula is C21H23BNO3. The molecule has 0 saturated carbocycles. The largest absolute Gasteiger partial charge is 0.563 e. The molecule has 5 heteroatoms. The number of anilines is 1. The molecule has 1 heterocycles. The average Bonchev–Trinajstić information content (AvgIpc) is 2.69. The summed E-state index contributed by atoms with van der Waals surface area (Å²) in [7, 11) is 1.53. The molecule has 2 aromatic carbocycles. The quantitative estimate of drug-likeness (QED) is 0.366.